The van der Waals surface area contributed by atoms with Crippen molar-refractivity contribution >= 4 is 0 Å². The van der Waals surface area contributed by atoms with Crippen LogP contribution in [0, 0.1) is 23.7 Å². The molecule has 0 N–H and O–H groups in total. The summed E-state index contributed by atoms with van der Waals surface area (Å²) in [5.41, 5.74) is 1.60. The molecule has 2 unspecified atom stereocenters. The Kier molecular flexibility index (Phi) is 5.33. The van der Waals surface area contributed by atoms with E-state index in [1.807, 2.05) is 0 Å². The minimum Gasteiger partial charge on any atom is -0.0996 e. The molecule has 0 heterocycles. The van der Waals surface area contributed by atoms with E-state index < -0.39 is 0 Å². The van der Waals surface area contributed by atoms with Crippen molar-refractivity contribution in [3.05, 3.63) is 12.2 Å². The van der Waals surface area contributed by atoms with Gasteiger partial charge in [0.25, 0.3) is 0 Å². The molecule has 0 aromatic rings. The van der Waals surface area contributed by atoms with E-state index >= 15 is 0 Å². The fourth-order valence-electron chi connectivity index (χ4n) is 4.25. The molecule has 0 spiro atoms. The summed E-state index contributed by atoms with van der Waals surface area (Å²) in [4.78, 5) is 0. The van der Waals surface area contributed by atoms with E-state index in [0.717, 1.165) is 23.7 Å². The molecule has 0 saturated heterocycles. The van der Waals surface area contributed by atoms with Gasteiger partial charge in [0, 0.05) is 0 Å². The molecule has 2 aliphatic carbocycles. The maximum absolute atomic E-state index is 4.42. The van der Waals surface area contributed by atoms with E-state index in [9.17, 15) is 0 Å². The first-order chi connectivity index (χ1) is 8.69. The third-order valence-electron chi connectivity index (χ3n) is 5.49. The number of allylic oxidation sites excluding steroid dienone is 1. The molecular formula is C18H32. The van der Waals surface area contributed by atoms with Gasteiger partial charge >= 0.3 is 0 Å². The Morgan fingerprint density at radius 2 is 1.67 bits per heavy atom. The fraction of sp³-hybridized carbons (Fsp3) is 0.889. The van der Waals surface area contributed by atoms with Gasteiger partial charge < -0.3 is 0 Å². The van der Waals surface area contributed by atoms with Crippen molar-refractivity contribution in [2.45, 2.75) is 78.1 Å². The Morgan fingerprint density at radius 1 is 1.00 bits per heavy atom. The third kappa shape index (κ3) is 3.87. The molecule has 2 atom stereocenters. The highest BCUT2D eigenvalue weighted by Gasteiger charge is 2.26. The Bertz CT molecular complexity index is 257. The van der Waals surface area contributed by atoms with Gasteiger partial charge in [0.2, 0.25) is 0 Å². The molecule has 2 aliphatic rings. The van der Waals surface area contributed by atoms with Gasteiger partial charge in [-0.05, 0) is 55.8 Å². The molecule has 0 aromatic heterocycles. The Labute approximate surface area is 114 Å². The van der Waals surface area contributed by atoms with Crippen LogP contribution in [0.1, 0.15) is 78.1 Å². The van der Waals surface area contributed by atoms with Crippen LogP contribution in [0.4, 0.5) is 0 Å². The van der Waals surface area contributed by atoms with Crippen LogP contribution in [0.3, 0.4) is 0 Å². The predicted molar refractivity (Wildman–Crippen MR) is 80.6 cm³/mol. The molecule has 2 saturated carbocycles. The zero-order chi connectivity index (χ0) is 13.0. The van der Waals surface area contributed by atoms with Crippen LogP contribution in [0.25, 0.3) is 0 Å². The summed E-state index contributed by atoms with van der Waals surface area (Å²) in [5, 5.41) is 0. The molecule has 0 heteroatoms. The molecule has 18 heavy (non-hydrogen) atoms. The largest absolute Gasteiger partial charge is 0.0996 e. The van der Waals surface area contributed by atoms with Crippen molar-refractivity contribution < 1.29 is 0 Å². The lowest BCUT2D eigenvalue weighted by molar-refractivity contribution is 0.257. The van der Waals surface area contributed by atoms with E-state index in [4.69, 9.17) is 0 Å². The quantitative estimate of drug-likeness (QED) is 0.525. The molecule has 2 fully saturated rings. The average Bonchev–Trinajstić information content (AvgIpc) is 2.79. The van der Waals surface area contributed by atoms with Crippen LogP contribution < -0.4 is 0 Å². The average molecular weight is 248 g/mol. The van der Waals surface area contributed by atoms with Crippen molar-refractivity contribution in [2.24, 2.45) is 23.7 Å². The Balaban J connectivity index is 1.69. The minimum absolute atomic E-state index is 0.869. The van der Waals surface area contributed by atoms with Crippen LogP contribution in [-0.4, -0.2) is 0 Å². The first-order valence-corrected chi connectivity index (χ1v) is 8.36. The molecule has 104 valence electrons. The van der Waals surface area contributed by atoms with E-state index in [-0.39, 0.29) is 0 Å². The summed E-state index contributed by atoms with van der Waals surface area (Å²) in [6.45, 7) is 9.16. The first kappa shape index (κ1) is 14.2. The second kappa shape index (κ2) is 6.78. The molecule has 2 rings (SSSR count). The first-order valence-electron chi connectivity index (χ1n) is 8.36. The molecule has 0 radical (unpaired) electrons. The second-order valence-corrected chi connectivity index (χ2v) is 7.15. The van der Waals surface area contributed by atoms with E-state index in [1.165, 1.54) is 64.2 Å². The van der Waals surface area contributed by atoms with Gasteiger partial charge in [0.05, 0.1) is 0 Å². The van der Waals surface area contributed by atoms with Gasteiger partial charge in [-0.1, -0.05) is 58.1 Å². The standard InChI is InChI=1S/C18H32/c1-4-5-16-7-9-17(10-8-16)13-15(3)18-11-6-14(2)12-18/h14,16-18H,3-13H2,1-2H3. The highest BCUT2D eigenvalue weighted by molar-refractivity contribution is 5.05. The Morgan fingerprint density at radius 3 is 2.22 bits per heavy atom. The zero-order valence-electron chi connectivity index (χ0n) is 12.6. The fourth-order valence-corrected chi connectivity index (χ4v) is 4.25. The molecule has 0 aromatic carbocycles. The molecular weight excluding hydrogens is 216 g/mol. The molecule has 0 nitrogen and oxygen atoms in total. The van der Waals surface area contributed by atoms with Crippen LogP contribution >= 0.6 is 0 Å². The summed E-state index contributed by atoms with van der Waals surface area (Å²) >= 11 is 0. The van der Waals surface area contributed by atoms with E-state index in [1.54, 1.807) is 5.57 Å². The van der Waals surface area contributed by atoms with Crippen molar-refractivity contribution in [1.29, 1.82) is 0 Å². The predicted octanol–water partition coefficient (Wildman–Crippen LogP) is 5.98. The summed E-state index contributed by atoms with van der Waals surface area (Å²) in [7, 11) is 0. The van der Waals surface area contributed by atoms with Crippen molar-refractivity contribution in [3.63, 3.8) is 0 Å². The minimum atomic E-state index is 0.869. The van der Waals surface area contributed by atoms with Crippen molar-refractivity contribution in [3.8, 4) is 0 Å². The molecule has 0 bridgehead atoms. The van der Waals surface area contributed by atoms with Gasteiger partial charge in [-0.2, -0.15) is 0 Å². The summed E-state index contributed by atoms with van der Waals surface area (Å²) in [6.07, 6.45) is 14.4. The smallest absolute Gasteiger partial charge is 0.0203 e. The van der Waals surface area contributed by atoms with Crippen LogP contribution in [-0.2, 0) is 0 Å². The highest BCUT2D eigenvalue weighted by Crippen LogP contribution is 2.40. The SMILES string of the molecule is C=C(CC1CCC(CCC)CC1)C1CCC(C)C1. The number of hydrogen-bond donors (Lipinski definition) is 0. The van der Waals surface area contributed by atoms with Crippen LogP contribution in [0.2, 0.25) is 0 Å². The van der Waals surface area contributed by atoms with E-state index in [2.05, 4.69) is 20.4 Å². The summed E-state index contributed by atoms with van der Waals surface area (Å²) < 4.78 is 0. The lowest BCUT2D eigenvalue weighted by Crippen LogP contribution is -2.16. The Hall–Kier alpha value is -0.260. The number of rotatable bonds is 5. The van der Waals surface area contributed by atoms with Gasteiger partial charge in [0.15, 0.2) is 0 Å². The molecule has 0 amide bonds. The third-order valence-corrected chi connectivity index (χ3v) is 5.49. The summed E-state index contributed by atoms with van der Waals surface area (Å²) in [6, 6.07) is 0. The van der Waals surface area contributed by atoms with Crippen molar-refractivity contribution in [1.82, 2.24) is 0 Å². The monoisotopic (exact) mass is 248 g/mol. The maximum Gasteiger partial charge on any atom is -0.0203 e. The number of hydrogen-bond acceptors (Lipinski definition) is 0. The normalized spacial score (nSPS) is 36.8. The molecule has 0 aliphatic heterocycles. The maximum atomic E-state index is 4.42. The van der Waals surface area contributed by atoms with Crippen molar-refractivity contribution in [2.75, 3.05) is 0 Å². The van der Waals surface area contributed by atoms with Gasteiger partial charge in [-0.3, -0.25) is 0 Å². The van der Waals surface area contributed by atoms with Crippen LogP contribution in [0.5, 0.6) is 0 Å². The zero-order valence-corrected chi connectivity index (χ0v) is 12.6. The van der Waals surface area contributed by atoms with Gasteiger partial charge in [-0.25, -0.2) is 0 Å². The second-order valence-electron chi connectivity index (χ2n) is 7.15. The van der Waals surface area contributed by atoms with Crippen LogP contribution in [0.15, 0.2) is 12.2 Å². The van der Waals surface area contributed by atoms with E-state index in [0.29, 0.717) is 0 Å². The lowest BCUT2D eigenvalue weighted by atomic mass is 9.76. The van der Waals surface area contributed by atoms with Gasteiger partial charge in [-0.15, -0.1) is 0 Å². The topological polar surface area (TPSA) is 0 Å². The van der Waals surface area contributed by atoms with Gasteiger partial charge in [0.1, 0.15) is 0 Å². The lowest BCUT2D eigenvalue weighted by Gasteiger charge is -2.29. The summed E-state index contributed by atoms with van der Waals surface area (Å²) in [5.74, 6) is 3.84. The highest BCUT2D eigenvalue weighted by atomic mass is 14.3.